The van der Waals surface area contributed by atoms with Gasteiger partial charge in [0.1, 0.15) is 0 Å². The molecule has 0 unspecified atom stereocenters. The predicted molar refractivity (Wildman–Crippen MR) is 50.7 cm³/mol. The summed E-state index contributed by atoms with van der Waals surface area (Å²) in [4.78, 5) is 0. The lowest BCUT2D eigenvalue weighted by atomic mass is 10.8. The molecule has 0 heterocycles. The van der Waals surface area contributed by atoms with Crippen LogP contribution in [-0.2, 0) is 9.47 Å². The van der Waals surface area contributed by atoms with Crippen LogP contribution in [0.15, 0.2) is 12.3 Å². The smallest absolute Gasteiger partial charge is 0.0652 e. The van der Waals surface area contributed by atoms with Crippen LogP contribution < -0.4 is 0 Å². The van der Waals surface area contributed by atoms with Crippen LogP contribution in [0, 0.1) is 0 Å². The summed E-state index contributed by atoms with van der Waals surface area (Å²) in [6, 6.07) is 2.37. The Balaban J connectivity index is 3.33. The van der Waals surface area contributed by atoms with E-state index < -0.39 is 8.80 Å². The Morgan fingerprint density at radius 2 is 1.64 bits per heavy atom. The summed E-state index contributed by atoms with van der Waals surface area (Å²) >= 11 is 0. The Morgan fingerprint density at radius 3 is 1.91 bits per heavy atom. The summed E-state index contributed by atoms with van der Waals surface area (Å²) in [5, 5.41) is 0. The predicted octanol–water partition coefficient (Wildman–Crippen LogP) is 1.23. The van der Waals surface area contributed by atoms with E-state index in [0.29, 0.717) is 0 Å². The van der Waals surface area contributed by atoms with E-state index in [2.05, 4.69) is 12.3 Å². The first-order valence-corrected chi connectivity index (χ1v) is 6.25. The van der Waals surface area contributed by atoms with Crippen molar-refractivity contribution in [2.75, 3.05) is 27.4 Å². The highest BCUT2D eigenvalue weighted by Crippen LogP contribution is 2.00. The van der Waals surface area contributed by atoms with Crippen molar-refractivity contribution in [1.82, 2.24) is 0 Å². The molecule has 0 aromatic rings. The van der Waals surface area contributed by atoms with Crippen molar-refractivity contribution in [2.45, 2.75) is 12.1 Å². The summed E-state index contributed by atoms with van der Waals surface area (Å²) in [5.41, 5.74) is 2.11. The molecule has 0 aromatic carbocycles. The summed E-state index contributed by atoms with van der Waals surface area (Å²) in [5.74, 6) is 0. The van der Waals surface area contributed by atoms with E-state index in [-0.39, 0.29) is 0 Å². The van der Waals surface area contributed by atoms with E-state index in [0.717, 1.165) is 13.2 Å². The number of hydrogen-bond acceptors (Lipinski definition) is 2. The summed E-state index contributed by atoms with van der Waals surface area (Å²) < 4.78 is 10.0. The van der Waals surface area contributed by atoms with E-state index in [1.807, 2.05) is 0 Å². The molecule has 66 valence electrons. The van der Waals surface area contributed by atoms with Crippen LogP contribution >= 0.6 is 0 Å². The normalized spacial score (nSPS) is 10.5. The molecule has 0 aromatic heterocycles. The number of rotatable bonds is 7. The molecule has 0 atom stereocenters. The highest BCUT2D eigenvalue weighted by atomic mass is 28.3. The Kier molecular flexibility index (Phi) is 7.89. The quantitative estimate of drug-likeness (QED) is 0.541. The maximum Gasteiger partial charge on any atom is 0.0652 e. The standard InChI is InChI=1S/C8H18O2Si/c1-4-11(7-5-9-2)8-6-10-3/h4,11H,1,5-8H2,2-3H3. The van der Waals surface area contributed by atoms with Crippen molar-refractivity contribution < 1.29 is 9.47 Å². The van der Waals surface area contributed by atoms with Crippen molar-refractivity contribution in [1.29, 1.82) is 0 Å². The topological polar surface area (TPSA) is 18.5 Å². The van der Waals surface area contributed by atoms with Crippen LogP contribution in [0.4, 0.5) is 0 Å². The molecule has 0 amide bonds. The minimum Gasteiger partial charge on any atom is -0.385 e. The van der Waals surface area contributed by atoms with E-state index in [4.69, 9.17) is 9.47 Å². The maximum absolute atomic E-state index is 5.00. The third-order valence-corrected chi connectivity index (χ3v) is 4.34. The van der Waals surface area contributed by atoms with Crippen molar-refractivity contribution in [3.63, 3.8) is 0 Å². The van der Waals surface area contributed by atoms with Crippen LogP contribution in [0.2, 0.25) is 12.1 Å². The van der Waals surface area contributed by atoms with Gasteiger partial charge in [-0.15, -0.1) is 12.3 Å². The second-order valence-corrected chi connectivity index (χ2v) is 5.70. The van der Waals surface area contributed by atoms with E-state index in [1.165, 1.54) is 12.1 Å². The minimum absolute atomic E-state index is 0.734. The zero-order valence-corrected chi connectivity index (χ0v) is 8.66. The van der Waals surface area contributed by atoms with Crippen LogP contribution in [0.5, 0.6) is 0 Å². The van der Waals surface area contributed by atoms with Gasteiger partial charge in [-0.1, -0.05) is 0 Å². The largest absolute Gasteiger partial charge is 0.385 e. The molecule has 0 radical (unpaired) electrons. The van der Waals surface area contributed by atoms with Gasteiger partial charge in [-0.2, -0.15) is 0 Å². The van der Waals surface area contributed by atoms with Crippen molar-refractivity contribution in [2.24, 2.45) is 0 Å². The van der Waals surface area contributed by atoms with Gasteiger partial charge in [-0.25, -0.2) is 0 Å². The van der Waals surface area contributed by atoms with Gasteiger partial charge >= 0.3 is 0 Å². The third-order valence-electron chi connectivity index (χ3n) is 1.72. The van der Waals surface area contributed by atoms with Crippen LogP contribution in [-0.4, -0.2) is 36.2 Å². The lowest BCUT2D eigenvalue weighted by Crippen LogP contribution is -2.13. The Labute approximate surface area is 70.8 Å². The molecule has 0 spiro atoms. The van der Waals surface area contributed by atoms with Crippen molar-refractivity contribution in [3.8, 4) is 0 Å². The van der Waals surface area contributed by atoms with Crippen LogP contribution in [0.25, 0.3) is 0 Å². The second-order valence-electron chi connectivity index (χ2n) is 2.56. The van der Waals surface area contributed by atoms with Gasteiger partial charge in [0, 0.05) is 27.4 Å². The van der Waals surface area contributed by atoms with Crippen LogP contribution in [0.1, 0.15) is 0 Å². The zero-order chi connectivity index (χ0) is 8.53. The van der Waals surface area contributed by atoms with Gasteiger partial charge in [0.2, 0.25) is 0 Å². The molecule has 3 heteroatoms. The molecule has 0 aliphatic rings. The Hall–Kier alpha value is -0.123. The number of methoxy groups -OCH3 is 2. The fraction of sp³-hybridized carbons (Fsp3) is 0.750. The fourth-order valence-corrected chi connectivity index (χ4v) is 2.76. The monoisotopic (exact) mass is 174 g/mol. The van der Waals surface area contributed by atoms with E-state index >= 15 is 0 Å². The molecule has 0 N–H and O–H groups in total. The van der Waals surface area contributed by atoms with Gasteiger partial charge in [-0.05, 0) is 12.1 Å². The molecular formula is C8H18O2Si. The van der Waals surface area contributed by atoms with Crippen molar-refractivity contribution in [3.05, 3.63) is 12.3 Å². The summed E-state index contributed by atoms with van der Waals surface area (Å²) in [6.45, 7) is 5.55. The minimum atomic E-state index is -0.734. The molecule has 0 fully saturated rings. The van der Waals surface area contributed by atoms with Gasteiger partial charge in [0.25, 0.3) is 0 Å². The molecular weight excluding hydrogens is 156 g/mol. The SMILES string of the molecule is C=C[SiH](CCOC)CCOC. The fourth-order valence-electron chi connectivity index (χ4n) is 0.918. The number of ether oxygens (including phenoxy) is 2. The van der Waals surface area contributed by atoms with Crippen LogP contribution in [0.3, 0.4) is 0 Å². The highest BCUT2D eigenvalue weighted by molar-refractivity contribution is 6.64. The Bertz CT molecular complexity index is 88.1. The highest BCUT2D eigenvalue weighted by Gasteiger charge is 2.04. The van der Waals surface area contributed by atoms with Gasteiger partial charge in [0.05, 0.1) is 8.80 Å². The van der Waals surface area contributed by atoms with Gasteiger partial charge in [0.15, 0.2) is 0 Å². The Morgan fingerprint density at radius 1 is 1.18 bits per heavy atom. The van der Waals surface area contributed by atoms with E-state index in [9.17, 15) is 0 Å². The lowest BCUT2D eigenvalue weighted by molar-refractivity contribution is 0.209. The van der Waals surface area contributed by atoms with Gasteiger partial charge in [-0.3, -0.25) is 0 Å². The number of hydrogen-bond donors (Lipinski definition) is 0. The molecule has 0 saturated heterocycles. The first-order chi connectivity index (χ1) is 5.35. The first kappa shape index (κ1) is 10.9. The zero-order valence-electron chi connectivity index (χ0n) is 7.51. The second kappa shape index (κ2) is 7.98. The van der Waals surface area contributed by atoms with Crippen molar-refractivity contribution >= 4 is 8.80 Å². The summed E-state index contributed by atoms with van der Waals surface area (Å²) in [7, 11) is 2.75. The van der Waals surface area contributed by atoms with E-state index in [1.54, 1.807) is 14.2 Å². The average molecular weight is 174 g/mol. The molecule has 0 bridgehead atoms. The van der Waals surface area contributed by atoms with Gasteiger partial charge < -0.3 is 9.47 Å². The third kappa shape index (κ3) is 6.28. The average Bonchev–Trinajstić information content (AvgIpc) is 2.05. The molecule has 0 saturated carbocycles. The lowest BCUT2D eigenvalue weighted by Gasteiger charge is -2.08. The summed E-state index contributed by atoms with van der Waals surface area (Å²) in [6.07, 6.45) is 0. The molecule has 2 nitrogen and oxygen atoms in total. The molecule has 0 aliphatic carbocycles. The molecule has 0 rings (SSSR count). The molecule has 11 heavy (non-hydrogen) atoms. The first-order valence-electron chi connectivity index (χ1n) is 3.95. The molecule has 0 aliphatic heterocycles. The maximum atomic E-state index is 5.00.